The van der Waals surface area contributed by atoms with Gasteiger partial charge in [-0.15, -0.1) is 0 Å². The first-order valence-corrected chi connectivity index (χ1v) is 12.6. The molecule has 1 nitrogen and oxygen atoms in total. The Bertz CT molecular complexity index is 451. The van der Waals surface area contributed by atoms with Crippen LogP contribution in [-0.2, 0) is 0 Å². The van der Waals surface area contributed by atoms with Gasteiger partial charge in [-0.25, -0.2) is 0 Å². The zero-order chi connectivity index (χ0) is 19.1. The molecule has 0 radical (unpaired) electrons. The van der Waals surface area contributed by atoms with E-state index in [1.807, 2.05) is 0 Å². The van der Waals surface area contributed by atoms with Crippen LogP contribution in [-0.4, -0.2) is 0 Å². The Morgan fingerprint density at radius 2 is 1.19 bits per heavy atom. The van der Waals surface area contributed by atoms with Crippen LogP contribution in [0.1, 0.15) is 123 Å². The molecule has 27 heavy (non-hydrogen) atoms. The molecule has 0 aromatic carbocycles. The third kappa shape index (κ3) is 5.52. The maximum absolute atomic E-state index is 9.55. The van der Waals surface area contributed by atoms with E-state index in [1.165, 1.54) is 103 Å². The van der Waals surface area contributed by atoms with E-state index in [2.05, 4.69) is 19.9 Å². The van der Waals surface area contributed by atoms with Crippen LogP contribution in [0.2, 0.25) is 0 Å². The maximum Gasteiger partial charge on any atom is 0.0689 e. The van der Waals surface area contributed by atoms with E-state index in [4.69, 9.17) is 0 Å². The first kappa shape index (κ1) is 21.2. The summed E-state index contributed by atoms with van der Waals surface area (Å²) in [5, 5.41) is 9.55. The molecule has 3 aliphatic carbocycles. The molecule has 0 unspecified atom stereocenters. The van der Waals surface area contributed by atoms with Crippen molar-refractivity contribution in [2.24, 2.45) is 35.0 Å². The van der Waals surface area contributed by atoms with Gasteiger partial charge in [0.2, 0.25) is 0 Å². The van der Waals surface area contributed by atoms with Crippen molar-refractivity contribution in [3.63, 3.8) is 0 Å². The van der Waals surface area contributed by atoms with Crippen LogP contribution in [0.15, 0.2) is 0 Å². The molecule has 0 heterocycles. The highest BCUT2D eigenvalue weighted by atomic mass is 14.4. The number of hydrogen-bond acceptors (Lipinski definition) is 1. The van der Waals surface area contributed by atoms with Gasteiger partial charge in [-0.3, -0.25) is 0 Å². The lowest BCUT2D eigenvalue weighted by atomic mass is 9.62. The minimum atomic E-state index is 0.0312. The first-order valence-electron chi connectivity index (χ1n) is 12.6. The van der Waals surface area contributed by atoms with Crippen molar-refractivity contribution in [3.8, 4) is 6.07 Å². The molecular weight excluding hydrogens is 326 g/mol. The van der Waals surface area contributed by atoms with Crippen LogP contribution in [0, 0.1) is 46.3 Å². The maximum atomic E-state index is 9.55. The fourth-order valence-corrected chi connectivity index (χ4v) is 6.93. The predicted molar refractivity (Wildman–Crippen MR) is 115 cm³/mol. The van der Waals surface area contributed by atoms with Crippen molar-refractivity contribution in [1.29, 1.82) is 5.26 Å². The molecule has 3 aliphatic rings. The highest BCUT2D eigenvalue weighted by Crippen LogP contribution is 2.49. The van der Waals surface area contributed by atoms with Gasteiger partial charge >= 0.3 is 0 Å². The third-order valence-corrected chi connectivity index (χ3v) is 9.16. The van der Waals surface area contributed by atoms with Gasteiger partial charge in [-0.05, 0) is 100 Å². The molecule has 0 N–H and O–H groups in total. The quantitative estimate of drug-likeness (QED) is 0.413. The van der Waals surface area contributed by atoms with E-state index in [0.29, 0.717) is 0 Å². The number of nitrogens with zero attached hydrogens (tertiary/aromatic N) is 1. The van der Waals surface area contributed by atoms with Crippen LogP contribution >= 0.6 is 0 Å². The normalized spacial score (nSPS) is 40.4. The fraction of sp³-hybridized carbons (Fsp3) is 0.962. The van der Waals surface area contributed by atoms with Gasteiger partial charge in [0.1, 0.15) is 0 Å². The van der Waals surface area contributed by atoms with Gasteiger partial charge in [0.15, 0.2) is 0 Å². The van der Waals surface area contributed by atoms with Crippen LogP contribution < -0.4 is 0 Å². The standard InChI is InChI=1S/C26H45N/c1-3-5-6-7-21-8-10-22(11-9-21)23-12-14-24(15-13-23)25-16-18-26(4-2,20-27)19-17-25/h21-25H,3-19H2,1-2H3/t21-,22-,23?,24?,25-,26-. The zero-order valence-electron chi connectivity index (χ0n) is 18.4. The lowest BCUT2D eigenvalue weighted by Crippen LogP contribution is -2.32. The second-order valence-corrected chi connectivity index (χ2v) is 10.5. The Balaban J connectivity index is 1.36. The Labute approximate surface area is 169 Å². The van der Waals surface area contributed by atoms with Gasteiger partial charge in [0, 0.05) is 0 Å². The third-order valence-electron chi connectivity index (χ3n) is 9.16. The smallest absolute Gasteiger partial charge is 0.0689 e. The summed E-state index contributed by atoms with van der Waals surface area (Å²) in [4.78, 5) is 0. The Morgan fingerprint density at radius 1 is 0.704 bits per heavy atom. The van der Waals surface area contributed by atoms with Crippen molar-refractivity contribution in [2.75, 3.05) is 0 Å². The van der Waals surface area contributed by atoms with Crippen molar-refractivity contribution >= 4 is 0 Å². The predicted octanol–water partition coefficient (Wildman–Crippen LogP) is 8.29. The van der Waals surface area contributed by atoms with Crippen molar-refractivity contribution < 1.29 is 0 Å². The summed E-state index contributed by atoms with van der Waals surface area (Å²) in [5.41, 5.74) is 0.0312. The van der Waals surface area contributed by atoms with E-state index in [-0.39, 0.29) is 5.41 Å². The average molecular weight is 372 g/mol. The van der Waals surface area contributed by atoms with Crippen molar-refractivity contribution in [2.45, 2.75) is 123 Å². The van der Waals surface area contributed by atoms with Gasteiger partial charge < -0.3 is 0 Å². The average Bonchev–Trinajstić information content (AvgIpc) is 2.75. The monoisotopic (exact) mass is 371 g/mol. The highest BCUT2D eigenvalue weighted by Gasteiger charge is 2.38. The topological polar surface area (TPSA) is 23.8 Å². The molecule has 154 valence electrons. The SMILES string of the molecule is CCCCC[C@H]1CC[C@H](C2CCC([C@H]3CC[C@@](C#N)(CC)CC3)CC2)CC1. The zero-order valence-corrected chi connectivity index (χ0v) is 18.4. The van der Waals surface area contributed by atoms with Gasteiger partial charge in [-0.2, -0.15) is 5.26 Å². The number of hydrogen-bond donors (Lipinski definition) is 0. The van der Waals surface area contributed by atoms with E-state index in [0.717, 1.165) is 36.0 Å². The summed E-state index contributed by atoms with van der Waals surface area (Å²) in [6.07, 6.45) is 24.0. The summed E-state index contributed by atoms with van der Waals surface area (Å²) >= 11 is 0. The van der Waals surface area contributed by atoms with Crippen LogP contribution in [0.25, 0.3) is 0 Å². The van der Waals surface area contributed by atoms with Gasteiger partial charge in [0.25, 0.3) is 0 Å². The molecule has 0 spiro atoms. The molecule has 3 fully saturated rings. The molecule has 0 atom stereocenters. The molecule has 0 aliphatic heterocycles. The number of rotatable bonds is 7. The molecule has 3 rings (SSSR count). The fourth-order valence-electron chi connectivity index (χ4n) is 6.93. The second kappa shape index (κ2) is 10.3. The molecule has 0 amide bonds. The second-order valence-electron chi connectivity index (χ2n) is 10.5. The van der Waals surface area contributed by atoms with Crippen LogP contribution in [0.3, 0.4) is 0 Å². The van der Waals surface area contributed by atoms with Crippen molar-refractivity contribution in [3.05, 3.63) is 0 Å². The molecule has 3 saturated carbocycles. The van der Waals surface area contributed by atoms with Crippen molar-refractivity contribution in [1.82, 2.24) is 0 Å². The van der Waals surface area contributed by atoms with E-state index < -0.39 is 0 Å². The molecule has 0 aromatic rings. The van der Waals surface area contributed by atoms with E-state index >= 15 is 0 Å². The van der Waals surface area contributed by atoms with Crippen LogP contribution in [0.4, 0.5) is 0 Å². The molecule has 0 saturated heterocycles. The summed E-state index contributed by atoms with van der Waals surface area (Å²) in [6.45, 7) is 4.54. The van der Waals surface area contributed by atoms with E-state index in [1.54, 1.807) is 0 Å². The summed E-state index contributed by atoms with van der Waals surface area (Å²) in [6, 6.07) is 2.66. The lowest BCUT2D eigenvalue weighted by molar-refractivity contribution is 0.0917. The van der Waals surface area contributed by atoms with Gasteiger partial charge in [-0.1, -0.05) is 52.4 Å². The highest BCUT2D eigenvalue weighted by molar-refractivity contribution is 5.01. The molecule has 0 bridgehead atoms. The minimum Gasteiger partial charge on any atom is -0.198 e. The van der Waals surface area contributed by atoms with E-state index in [9.17, 15) is 5.26 Å². The van der Waals surface area contributed by atoms with Gasteiger partial charge in [0.05, 0.1) is 11.5 Å². The minimum absolute atomic E-state index is 0.0312. The Kier molecular flexibility index (Phi) is 8.10. The number of unbranched alkanes of at least 4 members (excludes halogenated alkanes) is 2. The lowest BCUT2D eigenvalue weighted by Gasteiger charge is -2.42. The van der Waals surface area contributed by atoms with Crippen LogP contribution in [0.5, 0.6) is 0 Å². The Morgan fingerprint density at radius 3 is 1.63 bits per heavy atom. The molecular formula is C26H45N. The summed E-state index contributed by atoms with van der Waals surface area (Å²) < 4.78 is 0. The molecule has 0 aromatic heterocycles. The first-order chi connectivity index (χ1) is 13.2. The molecule has 1 heteroatoms. The largest absolute Gasteiger partial charge is 0.198 e. The summed E-state index contributed by atoms with van der Waals surface area (Å²) in [7, 11) is 0. The summed E-state index contributed by atoms with van der Waals surface area (Å²) in [5.74, 6) is 5.10. The number of nitriles is 1. The Hall–Kier alpha value is -0.510.